The van der Waals surface area contributed by atoms with Gasteiger partial charge >= 0.3 is 5.97 Å². The molecule has 1 aliphatic heterocycles. The fourth-order valence-corrected chi connectivity index (χ4v) is 1.34. The molecule has 1 saturated heterocycles. The molecule has 1 rings (SSSR count). The molecule has 1 aliphatic rings. The highest BCUT2D eigenvalue weighted by atomic mass is 16.4. The first-order chi connectivity index (χ1) is 5.20. The van der Waals surface area contributed by atoms with E-state index in [9.17, 15) is 9.90 Å². The summed E-state index contributed by atoms with van der Waals surface area (Å²) in [6.45, 7) is 1.41. The fraction of sp³-hybridized carbons (Fsp3) is 0.857. The SMILES string of the molecule is O=C(O)C[C@H]1CNCC[C@H]1O. The molecule has 64 valence electrons. The zero-order chi connectivity index (χ0) is 8.27. The van der Waals surface area contributed by atoms with Gasteiger partial charge in [-0.3, -0.25) is 4.79 Å². The van der Waals surface area contributed by atoms with Crippen LogP contribution in [0.5, 0.6) is 0 Å². The summed E-state index contributed by atoms with van der Waals surface area (Å²) >= 11 is 0. The van der Waals surface area contributed by atoms with Crippen LogP contribution in [0.1, 0.15) is 12.8 Å². The van der Waals surface area contributed by atoms with Gasteiger partial charge in [-0.15, -0.1) is 0 Å². The van der Waals surface area contributed by atoms with Crippen molar-refractivity contribution in [1.29, 1.82) is 0 Å². The van der Waals surface area contributed by atoms with E-state index in [-0.39, 0.29) is 12.3 Å². The minimum Gasteiger partial charge on any atom is -0.481 e. The Hall–Kier alpha value is -0.610. The van der Waals surface area contributed by atoms with Crippen LogP contribution in [0.25, 0.3) is 0 Å². The number of carboxylic acid groups (broad SMARTS) is 1. The van der Waals surface area contributed by atoms with Gasteiger partial charge < -0.3 is 15.5 Å². The molecule has 3 N–H and O–H groups in total. The Morgan fingerprint density at radius 2 is 2.36 bits per heavy atom. The second-order valence-electron chi connectivity index (χ2n) is 2.92. The van der Waals surface area contributed by atoms with Crippen molar-refractivity contribution in [3.8, 4) is 0 Å². The van der Waals surface area contributed by atoms with Crippen LogP contribution in [0.2, 0.25) is 0 Å². The quantitative estimate of drug-likeness (QED) is 0.504. The van der Waals surface area contributed by atoms with Gasteiger partial charge in [0.2, 0.25) is 0 Å². The number of aliphatic carboxylic acids is 1. The summed E-state index contributed by atoms with van der Waals surface area (Å²) in [7, 11) is 0. The number of carbonyl (C=O) groups is 1. The van der Waals surface area contributed by atoms with E-state index in [1.54, 1.807) is 0 Å². The van der Waals surface area contributed by atoms with E-state index in [4.69, 9.17) is 5.11 Å². The molecule has 1 fully saturated rings. The average molecular weight is 159 g/mol. The molecule has 0 aromatic heterocycles. The molecule has 0 bridgehead atoms. The van der Waals surface area contributed by atoms with E-state index in [0.29, 0.717) is 13.0 Å². The molecule has 1 heterocycles. The highest BCUT2D eigenvalue weighted by Gasteiger charge is 2.24. The number of piperidine rings is 1. The van der Waals surface area contributed by atoms with Crippen molar-refractivity contribution in [2.45, 2.75) is 18.9 Å². The van der Waals surface area contributed by atoms with Gasteiger partial charge in [-0.2, -0.15) is 0 Å². The van der Waals surface area contributed by atoms with Crippen molar-refractivity contribution in [3.05, 3.63) is 0 Å². The molecule has 0 radical (unpaired) electrons. The van der Waals surface area contributed by atoms with E-state index in [0.717, 1.165) is 6.54 Å². The first-order valence-corrected chi connectivity index (χ1v) is 3.80. The van der Waals surface area contributed by atoms with Crippen molar-refractivity contribution in [2.24, 2.45) is 5.92 Å². The summed E-state index contributed by atoms with van der Waals surface area (Å²) in [6.07, 6.45) is 0.291. The summed E-state index contributed by atoms with van der Waals surface area (Å²) in [5.74, 6) is -0.945. The predicted octanol–water partition coefficient (Wildman–Crippen LogP) is -0.569. The van der Waals surface area contributed by atoms with Gasteiger partial charge in [0.05, 0.1) is 12.5 Å². The van der Waals surface area contributed by atoms with E-state index in [1.807, 2.05) is 0 Å². The van der Waals surface area contributed by atoms with Gasteiger partial charge in [-0.1, -0.05) is 0 Å². The minimum absolute atomic E-state index is 0.0637. The zero-order valence-corrected chi connectivity index (χ0v) is 6.29. The normalized spacial score (nSPS) is 31.7. The lowest BCUT2D eigenvalue weighted by Gasteiger charge is -2.26. The highest BCUT2D eigenvalue weighted by molar-refractivity contribution is 5.67. The van der Waals surface area contributed by atoms with E-state index < -0.39 is 12.1 Å². The molecule has 0 aromatic rings. The van der Waals surface area contributed by atoms with Crippen LogP contribution in [-0.4, -0.2) is 35.4 Å². The predicted molar refractivity (Wildman–Crippen MR) is 39.2 cm³/mol. The molecule has 0 saturated carbocycles. The van der Waals surface area contributed by atoms with Crippen molar-refractivity contribution in [2.75, 3.05) is 13.1 Å². The molecule has 0 unspecified atom stereocenters. The molecule has 0 aromatic carbocycles. The number of hydrogen-bond donors (Lipinski definition) is 3. The monoisotopic (exact) mass is 159 g/mol. The van der Waals surface area contributed by atoms with Crippen LogP contribution < -0.4 is 5.32 Å². The topological polar surface area (TPSA) is 69.6 Å². The number of aliphatic hydroxyl groups excluding tert-OH is 1. The maximum absolute atomic E-state index is 10.3. The molecule has 4 nitrogen and oxygen atoms in total. The number of carboxylic acids is 1. The lowest BCUT2D eigenvalue weighted by Crippen LogP contribution is -2.40. The Balaban J connectivity index is 2.35. The number of aliphatic hydroxyl groups is 1. The Labute approximate surface area is 65.2 Å². The highest BCUT2D eigenvalue weighted by Crippen LogP contribution is 2.14. The van der Waals surface area contributed by atoms with Crippen molar-refractivity contribution in [1.82, 2.24) is 5.32 Å². The van der Waals surface area contributed by atoms with E-state index >= 15 is 0 Å². The van der Waals surface area contributed by atoms with Gasteiger partial charge in [0.25, 0.3) is 0 Å². The van der Waals surface area contributed by atoms with Crippen molar-refractivity contribution in [3.63, 3.8) is 0 Å². The van der Waals surface area contributed by atoms with Gasteiger partial charge in [0.1, 0.15) is 0 Å². The Morgan fingerprint density at radius 1 is 1.64 bits per heavy atom. The Morgan fingerprint density at radius 3 is 2.91 bits per heavy atom. The Kier molecular flexibility index (Phi) is 2.84. The zero-order valence-electron chi connectivity index (χ0n) is 6.29. The standard InChI is InChI=1S/C7H13NO3/c9-6-1-2-8-4-5(6)3-7(10)11/h5-6,8-9H,1-4H2,(H,10,11)/t5-,6+/m0/s1. The molecular formula is C7H13NO3. The number of nitrogens with one attached hydrogen (secondary N) is 1. The maximum atomic E-state index is 10.3. The summed E-state index contributed by atoms with van der Waals surface area (Å²) < 4.78 is 0. The van der Waals surface area contributed by atoms with Crippen LogP contribution >= 0.6 is 0 Å². The largest absolute Gasteiger partial charge is 0.481 e. The van der Waals surface area contributed by atoms with Gasteiger partial charge in [-0.05, 0) is 13.0 Å². The van der Waals surface area contributed by atoms with Crippen LogP contribution in [-0.2, 0) is 4.79 Å². The summed E-state index contributed by atoms with van der Waals surface area (Å²) in [5, 5.41) is 20.8. The molecule has 0 spiro atoms. The molecule has 0 amide bonds. The van der Waals surface area contributed by atoms with Crippen molar-refractivity contribution < 1.29 is 15.0 Å². The van der Waals surface area contributed by atoms with Crippen LogP contribution in [0.15, 0.2) is 0 Å². The van der Waals surface area contributed by atoms with Crippen LogP contribution in [0.4, 0.5) is 0 Å². The van der Waals surface area contributed by atoms with Crippen LogP contribution in [0.3, 0.4) is 0 Å². The Bertz CT molecular complexity index is 149. The van der Waals surface area contributed by atoms with E-state index in [2.05, 4.69) is 5.32 Å². The third-order valence-corrected chi connectivity index (χ3v) is 2.00. The van der Waals surface area contributed by atoms with Gasteiger partial charge in [0, 0.05) is 12.5 Å². The molecular weight excluding hydrogens is 146 g/mol. The molecule has 11 heavy (non-hydrogen) atoms. The first-order valence-electron chi connectivity index (χ1n) is 3.80. The third-order valence-electron chi connectivity index (χ3n) is 2.00. The third kappa shape index (κ3) is 2.48. The summed E-state index contributed by atoms with van der Waals surface area (Å²) in [6, 6.07) is 0. The molecule has 2 atom stereocenters. The van der Waals surface area contributed by atoms with Gasteiger partial charge in [0.15, 0.2) is 0 Å². The molecule has 0 aliphatic carbocycles. The van der Waals surface area contributed by atoms with Gasteiger partial charge in [-0.25, -0.2) is 0 Å². The van der Waals surface area contributed by atoms with Crippen molar-refractivity contribution >= 4 is 5.97 Å². The lowest BCUT2D eigenvalue weighted by molar-refractivity contribution is -0.139. The average Bonchev–Trinajstić information content (AvgIpc) is 1.93. The van der Waals surface area contributed by atoms with Crippen LogP contribution in [0, 0.1) is 5.92 Å². The lowest BCUT2D eigenvalue weighted by atomic mass is 9.93. The number of rotatable bonds is 2. The maximum Gasteiger partial charge on any atom is 0.303 e. The first kappa shape index (κ1) is 8.49. The minimum atomic E-state index is -0.835. The molecule has 4 heteroatoms. The second-order valence-corrected chi connectivity index (χ2v) is 2.92. The number of hydrogen-bond acceptors (Lipinski definition) is 3. The smallest absolute Gasteiger partial charge is 0.303 e. The van der Waals surface area contributed by atoms with E-state index in [1.165, 1.54) is 0 Å². The fourth-order valence-electron chi connectivity index (χ4n) is 1.34. The summed E-state index contributed by atoms with van der Waals surface area (Å²) in [5.41, 5.74) is 0. The second kappa shape index (κ2) is 3.69. The summed E-state index contributed by atoms with van der Waals surface area (Å²) in [4.78, 5) is 10.3.